The summed E-state index contributed by atoms with van der Waals surface area (Å²) in [7, 11) is 0. The van der Waals surface area contributed by atoms with Crippen molar-refractivity contribution in [2.45, 2.75) is 43.4 Å². The quantitative estimate of drug-likeness (QED) is 0.793. The lowest BCUT2D eigenvalue weighted by Gasteiger charge is -2.11. The Morgan fingerprint density at radius 3 is 2.53 bits per heavy atom. The van der Waals surface area contributed by atoms with Crippen LogP contribution < -0.4 is 5.73 Å². The van der Waals surface area contributed by atoms with Crippen molar-refractivity contribution >= 4 is 11.8 Å². The summed E-state index contributed by atoms with van der Waals surface area (Å²) < 4.78 is 13.6. The molecule has 0 aliphatic heterocycles. The van der Waals surface area contributed by atoms with E-state index in [1.165, 1.54) is 6.07 Å². The van der Waals surface area contributed by atoms with Crippen molar-refractivity contribution in [3.63, 3.8) is 0 Å². The van der Waals surface area contributed by atoms with E-state index in [-0.39, 0.29) is 11.9 Å². The van der Waals surface area contributed by atoms with Crippen molar-refractivity contribution in [1.29, 1.82) is 0 Å². The van der Waals surface area contributed by atoms with Gasteiger partial charge in [0, 0.05) is 16.2 Å². The summed E-state index contributed by atoms with van der Waals surface area (Å²) in [6, 6.07) is 5.15. The van der Waals surface area contributed by atoms with E-state index in [9.17, 15) is 4.39 Å². The zero-order valence-corrected chi connectivity index (χ0v) is 10.3. The average Bonchev–Trinajstić information content (AvgIpc) is 2.20. The summed E-state index contributed by atoms with van der Waals surface area (Å²) in [5.74, 6) is -0.157. The number of hydrogen-bond acceptors (Lipinski definition) is 2. The zero-order chi connectivity index (χ0) is 11.4. The van der Waals surface area contributed by atoms with Crippen LogP contribution >= 0.6 is 11.8 Å². The van der Waals surface area contributed by atoms with E-state index in [1.807, 2.05) is 19.1 Å². The highest BCUT2D eigenvalue weighted by molar-refractivity contribution is 7.99. The van der Waals surface area contributed by atoms with Crippen molar-refractivity contribution in [3.05, 3.63) is 29.6 Å². The number of thioether (sulfide) groups is 1. The first-order valence-corrected chi connectivity index (χ1v) is 6.14. The largest absolute Gasteiger partial charge is 0.324 e. The van der Waals surface area contributed by atoms with E-state index < -0.39 is 0 Å². The lowest BCUT2D eigenvalue weighted by atomic mass is 10.1. The van der Waals surface area contributed by atoms with Gasteiger partial charge in [0.05, 0.1) is 0 Å². The summed E-state index contributed by atoms with van der Waals surface area (Å²) in [5.41, 5.74) is 6.53. The molecule has 0 radical (unpaired) electrons. The summed E-state index contributed by atoms with van der Waals surface area (Å²) in [4.78, 5) is 0.716. The predicted molar refractivity (Wildman–Crippen MR) is 64.6 cm³/mol. The highest BCUT2D eigenvalue weighted by Gasteiger charge is 2.09. The van der Waals surface area contributed by atoms with E-state index in [0.29, 0.717) is 10.1 Å². The van der Waals surface area contributed by atoms with Gasteiger partial charge in [-0.05, 0) is 31.0 Å². The molecule has 1 aromatic rings. The molecule has 3 heteroatoms. The molecule has 0 aliphatic rings. The molecule has 0 amide bonds. The lowest BCUT2D eigenvalue weighted by molar-refractivity contribution is 0.596. The zero-order valence-electron chi connectivity index (χ0n) is 9.46. The van der Waals surface area contributed by atoms with Crippen molar-refractivity contribution in [3.8, 4) is 0 Å². The minimum atomic E-state index is -0.157. The molecule has 15 heavy (non-hydrogen) atoms. The summed E-state index contributed by atoms with van der Waals surface area (Å²) in [5, 5.41) is 0.445. The van der Waals surface area contributed by atoms with E-state index >= 15 is 0 Å². The molecule has 1 nitrogen and oxygen atoms in total. The summed E-state index contributed by atoms with van der Waals surface area (Å²) in [6.45, 7) is 6.06. The van der Waals surface area contributed by atoms with Gasteiger partial charge in [0.15, 0.2) is 0 Å². The number of rotatable bonds is 4. The first-order valence-electron chi connectivity index (χ1n) is 5.26. The number of benzene rings is 1. The van der Waals surface area contributed by atoms with Gasteiger partial charge in [0.1, 0.15) is 5.82 Å². The minimum Gasteiger partial charge on any atom is -0.324 e. The molecule has 1 aromatic carbocycles. The number of nitrogens with two attached hydrogens (primary N) is 1. The Balaban J connectivity index is 2.83. The molecule has 0 fully saturated rings. The second kappa shape index (κ2) is 5.52. The Kier molecular flexibility index (Phi) is 4.61. The van der Waals surface area contributed by atoms with Crippen molar-refractivity contribution in [2.24, 2.45) is 5.73 Å². The molecular weight excluding hydrogens is 209 g/mol. The van der Waals surface area contributed by atoms with Gasteiger partial charge >= 0.3 is 0 Å². The van der Waals surface area contributed by atoms with E-state index in [0.717, 1.165) is 12.0 Å². The smallest absolute Gasteiger partial charge is 0.137 e. The molecule has 1 rings (SSSR count). The SMILES string of the molecule is CCC(C)Sc1ccc([C@H](C)N)cc1F. The van der Waals surface area contributed by atoms with Crippen molar-refractivity contribution in [2.75, 3.05) is 0 Å². The first-order chi connectivity index (χ1) is 7.04. The molecule has 0 heterocycles. The summed E-state index contributed by atoms with van der Waals surface area (Å²) in [6.07, 6.45) is 1.04. The molecule has 0 saturated heterocycles. The molecular formula is C12H18FNS. The molecule has 0 bridgehead atoms. The van der Waals surface area contributed by atoms with Gasteiger partial charge < -0.3 is 5.73 Å². The average molecular weight is 227 g/mol. The molecule has 0 saturated carbocycles. The molecule has 0 aliphatic carbocycles. The Bertz CT molecular complexity index is 325. The third-order valence-corrected chi connectivity index (χ3v) is 3.71. The Hall–Kier alpha value is -0.540. The third-order valence-electron chi connectivity index (χ3n) is 2.38. The van der Waals surface area contributed by atoms with Gasteiger partial charge in [-0.1, -0.05) is 19.9 Å². The maximum absolute atomic E-state index is 13.6. The van der Waals surface area contributed by atoms with E-state index in [2.05, 4.69) is 13.8 Å². The van der Waals surface area contributed by atoms with Crippen LogP contribution in [0.3, 0.4) is 0 Å². The Morgan fingerprint density at radius 2 is 2.07 bits per heavy atom. The predicted octanol–water partition coefficient (Wildman–Crippen LogP) is 3.74. The van der Waals surface area contributed by atoms with Crippen LogP contribution in [0.1, 0.15) is 38.8 Å². The van der Waals surface area contributed by atoms with Crippen LogP contribution in [0.15, 0.2) is 23.1 Å². The monoisotopic (exact) mass is 227 g/mol. The van der Waals surface area contributed by atoms with Crippen LogP contribution in [0, 0.1) is 5.82 Å². The first kappa shape index (κ1) is 12.5. The van der Waals surface area contributed by atoms with Crippen LogP contribution in [0.5, 0.6) is 0 Å². The maximum Gasteiger partial charge on any atom is 0.137 e. The molecule has 0 aromatic heterocycles. The van der Waals surface area contributed by atoms with Crippen molar-refractivity contribution in [1.82, 2.24) is 0 Å². The van der Waals surface area contributed by atoms with Crippen LogP contribution in [-0.4, -0.2) is 5.25 Å². The fourth-order valence-electron chi connectivity index (χ4n) is 1.20. The lowest BCUT2D eigenvalue weighted by Crippen LogP contribution is -2.05. The van der Waals surface area contributed by atoms with Crippen LogP contribution in [0.4, 0.5) is 4.39 Å². The normalized spacial score (nSPS) is 15.0. The van der Waals surface area contributed by atoms with Gasteiger partial charge in [-0.2, -0.15) is 0 Å². The summed E-state index contributed by atoms with van der Waals surface area (Å²) >= 11 is 1.57. The van der Waals surface area contributed by atoms with Gasteiger partial charge in [0.25, 0.3) is 0 Å². The molecule has 2 N–H and O–H groups in total. The molecule has 2 atom stereocenters. The number of hydrogen-bond donors (Lipinski definition) is 1. The Labute approximate surface area is 95.2 Å². The fraction of sp³-hybridized carbons (Fsp3) is 0.500. The van der Waals surface area contributed by atoms with E-state index in [4.69, 9.17) is 5.73 Å². The second-order valence-electron chi connectivity index (χ2n) is 3.82. The van der Waals surface area contributed by atoms with Gasteiger partial charge in [-0.3, -0.25) is 0 Å². The molecule has 84 valence electrons. The third kappa shape index (κ3) is 3.50. The highest BCUT2D eigenvalue weighted by atomic mass is 32.2. The van der Waals surface area contributed by atoms with Gasteiger partial charge in [-0.15, -0.1) is 11.8 Å². The minimum absolute atomic E-state index is 0.109. The standard InChI is InChI=1S/C12H18FNS/c1-4-8(2)15-12-6-5-10(9(3)14)7-11(12)13/h5-9H,4,14H2,1-3H3/t8?,9-/m0/s1. The highest BCUT2D eigenvalue weighted by Crippen LogP contribution is 2.28. The molecule has 0 spiro atoms. The fourth-order valence-corrected chi connectivity index (χ4v) is 2.11. The van der Waals surface area contributed by atoms with Crippen LogP contribution in [-0.2, 0) is 0 Å². The van der Waals surface area contributed by atoms with E-state index in [1.54, 1.807) is 11.8 Å². The van der Waals surface area contributed by atoms with Gasteiger partial charge in [-0.25, -0.2) is 4.39 Å². The van der Waals surface area contributed by atoms with Crippen LogP contribution in [0.2, 0.25) is 0 Å². The van der Waals surface area contributed by atoms with Crippen molar-refractivity contribution < 1.29 is 4.39 Å². The maximum atomic E-state index is 13.6. The molecule has 1 unspecified atom stereocenters. The van der Waals surface area contributed by atoms with Crippen LogP contribution in [0.25, 0.3) is 0 Å². The van der Waals surface area contributed by atoms with Gasteiger partial charge in [0.2, 0.25) is 0 Å². The topological polar surface area (TPSA) is 26.0 Å². The Morgan fingerprint density at radius 1 is 1.40 bits per heavy atom. The number of halogens is 1. The second-order valence-corrected chi connectivity index (χ2v) is 5.30.